The third kappa shape index (κ3) is 31.2. The lowest BCUT2D eigenvalue weighted by atomic mass is 9.87. The van der Waals surface area contributed by atoms with Crippen LogP contribution < -0.4 is 0 Å². The maximum absolute atomic E-state index is 13.3. The molecule has 0 bridgehead atoms. The summed E-state index contributed by atoms with van der Waals surface area (Å²) in [6, 6.07) is 0. The Morgan fingerprint density at radius 1 is 0.465 bits per heavy atom. The molecule has 0 aliphatic carbocycles. The van der Waals surface area contributed by atoms with E-state index < -0.39 is 0 Å². The molecule has 0 unspecified atom stereocenters. The summed E-state index contributed by atoms with van der Waals surface area (Å²) in [5, 5.41) is 0. The predicted molar refractivity (Wildman–Crippen MR) is 192 cm³/mol. The maximum Gasteiger partial charge on any atom is 0.248 e. The second kappa shape index (κ2) is 28.9. The zero-order valence-corrected chi connectivity index (χ0v) is 31.0. The number of hydrogen-bond acceptors (Lipinski definition) is 2. The van der Waals surface area contributed by atoms with Crippen molar-refractivity contribution in [3.8, 4) is 0 Å². The van der Waals surface area contributed by atoms with Gasteiger partial charge in [0.25, 0.3) is 0 Å². The highest BCUT2D eigenvalue weighted by molar-refractivity contribution is 5.77. The molecule has 0 atom stereocenters. The monoisotopic (exact) mass is 608 g/mol. The molecule has 43 heavy (non-hydrogen) atoms. The van der Waals surface area contributed by atoms with Crippen LogP contribution in [-0.4, -0.2) is 36.1 Å². The van der Waals surface area contributed by atoms with Crippen molar-refractivity contribution in [3.05, 3.63) is 0 Å². The standard InChI is InChI=1S/C40H81NO2/c1-8-10-12-14-16-18-20-22-24-26-28-30-35-41(36-31-29-27-25-23-21-19-17-15-13-11-9-2)38(42)37-43-40(6,7)34-32-33-39(3,4)5/h8-37H2,1-7H3. The van der Waals surface area contributed by atoms with Crippen LogP contribution in [0.2, 0.25) is 0 Å². The van der Waals surface area contributed by atoms with Gasteiger partial charge in [-0.1, -0.05) is 182 Å². The molecule has 0 aliphatic rings. The molecule has 3 nitrogen and oxygen atoms in total. The fourth-order valence-corrected chi connectivity index (χ4v) is 6.11. The molecule has 0 aromatic heterocycles. The Balaban J connectivity index is 4.33. The third-order valence-electron chi connectivity index (χ3n) is 9.21. The second-order valence-corrected chi connectivity index (χ2v) is 15.6. The molecule has 0 fully saturated rings. The predicted octanol–water partition coefficient (Wildman–Crippen LogP) is 13.2. The van der Waals surface area contributed by atoms with Crippen molar-refractivity contribution < 1.29 is 9.53 Å². The van der Waals surface area contributed by atoms with E-state index in [0.29, 0.717) is 5.41 Å². The topological polar surface area (TPSA) is 29.5 Å². The van der Waals surface area contributed by atoms with E-state index in [0.717, 1.165) is 38.8 Å². The number of hydrogen-bond donors (Lipinski definition) is 0. The number of unbranched alkanes of at least 4 members (excludes halogenated alkanes) is 22. The lowest BCUT2D eigenvalue weighted by Crippen LogP contribution is -2.38. The molecule has 0 aromatic rings. The molecular formula is C40H81NO2. The second-order valence-electron chi connectivity index (χ2n) is 15.6. The van der Waals surface area contributed by atoms with Crippen LogP contribution in [0.4, 0.5) is 0 Å². The van der Waals surface area contributed by atoms with Crippen molar-refractivity contribution in [2.75, 3.05) is 19.7 Å². The van der Waals surface area contributed by atoms with Gasteiger partial charge in [-0.05, 0) is 44.9 Å². The molecular weight excluding hydrogens is 526 g/mol. The third-order valence-corrected chi connectivity index (χ3v) is 9.21. The smallest absolute Gasteiger partial charge is 0.248 e. The van der Waals surface area contributed by atoms with Gasteiger partial charge < -0.3 is 9.64 Å². The summed E-state index contributed by atoms with van der Waals surface area (Å²) in [6.45, 7) is 17.8. The van der Waals surface area contributed by atoms with Crippen molar-refractivity contribution >= 4 is 5.91 Å². The minimum absolute atomic E-state index is 0.204. The van der Waals surface area contributed by atoms with Crippen LogP contribution in [0.25, 0.3) is 0 Å². The molecule has 0 rings (SSSR count). The highest BCUT2D eigenvalue weighted by Crippen LogP contribution is 2.26. The average Bonchev–Trinajstić information content (AvgIpc) is 2.95. The number of nitrogens with zero attached hydrogens (tertiary/aromatic N) is 1. The van der Waals surface area contributed by atoms with Gasteiger partial charge in [-0.2, -0.15) is 0 Å². The van der Waals surface area contributed by atoms with Crippen molar-refractivity contribution in [1.82, 2.24) is 4.90 Å². The summed E-state index contributed by atoms with van der Waals surface area (Å²) in [5.74, 6) is 0.204. The molecule has 0 aromatic carbocycles. The van der Waals surface area contributed by atoms with Crippen molar-refractivity contribution in [2.24, 2.45) is 5.41 Å². The number of carbonyl (C=O) groups is 1. The Morgan fingerprint density at radius 3 is 1.12 bits per heavy atom. The van der Waals surface area contributed by atoms with Crippen molar-refractivity contribution in [3.63, 3.8) is 0 Å². The first kappa shape index (κ1) is 42.4. The molecule has 0 spiro atoms. The lowest BCUT2D eigenvalue weighted by molar-refractivity contribution is -0.142. The first-order valence-corrected chi connectivity index (χ1v) is 19.5. The van der Waals surface area contributed by atoms with Gasteiger partial charge in [0, 0.05) is 13.1 Å². The van der Waals surface area contributed by atoms with Crippen LogP contribution in [0.3, 0.4) is 0 Å². The number of carbonyl (C=O) groups excluding carboxylic acids is 1. The molecule has 0 aliphatic heterocycles. The fourth-order valence-electron chi connectivity index (χ4n) is 6.11. The van der Waals surface area contributed by atoms with Gasteiger partial charge in [-0.3, -0.25) is 4.79 Å². The molecule has 0 saturated heterocycles. The van der Waals surface area contributed by atoms with Gasteiger partial charge in [0.1, 0.15) is 6.61 Å². The first-order valence-electron chi connectivity index (χ1n) is 19.5. The Morgan fingerprint density at radius 2 is 0.791 bits per heavy atom. The van der Waals surface area contributed by atoms with Gasteiger partial charge >= 0.3 is 0 Å². The summed E-state index contributed by atoms with van der Waals surface area (Å²) in [7, 11) is 0. The quantitative estimate of drug-likeness (QED) is 0.0712. The van der Waals surface area contributed by atoms with Gasteiger partial charge in [-0.25, -0.2) is 0 Å². The summed E-state index contributed by atoms with van der Waals surface area (Å²) in [4.78, 5) is 15.4. The minimum Gasteiger partial charge on any atom is -0.366 e. The molecule has 3 heteroatoms. The van der Waals surface area contributed by atoms with E-state index in [9.17, 15) is 4.79 Å². The van der Waals surface area contributed by atoms with Gasteiger partial charge in [-0.15, -0.1) is 0 Å². The fraction of sp³-hybridized carbons (Fsp3) is 0.975. The van der Waals surface area contributed by atoms with Crippen LogP contribution in [0.1, 0.15) is 222 Å². The summed E-state index contributed by atoms with van der Waals surface area (Å²) in [6.07, 6.45) is 35.9. The SMILES string of the molecule is CCCCCCCCCCCCCCN(CCCCCCCCCCCCCC)C(=O)COC(C)(C)CCCC(C)(C)C. The Bertz CT molecular complexity index is 566. The van der Waals surface area contributed by atoms with E-state index in [2.05, 4.69) is 53.4 Å². The Hall–Kier alpha value is -0.570. The average molecular weight is 608 g/mol. The molecule has 0 saturated carbocycles. The largest absolute Gasteiger partial charge is 0.366 e. The van der Waals surface area contributed by atoms with E-state index >= 15 is 0 Å². The van der Waals surface area contributed by atoms with E-state index in [1.165, 1.54) is 148 Å². The lowest BCUT2D eigenvalue weighted by Gasteiger charge is -2.29. The molecule has 0 radical (unpaired) electrons. The highest BCUT2D eigenvalue weighted by atomic mass is 16.5. The molecule has 0 N–H and O–H groups in total. The van der Waals surface area contributed by atoms with E-state index in [1.807, 2.05) is 0 Å². The maximum atomic E-state index is 13.3. The minimum atomic E-state index is -0.238. The number of ether oxygens (including phenoxy) is 1. The number of amides is 1. The van der Waals surface area contributed by atoms with Crippen LogP contribution in [0.5, 0.6) is 0 Å². The zero-order valence-electron chi connectivity index (χ0n) is 31.0. The van der Waals surface area contributed by atoms with Crippen LogP contribution in [0, 0.1) is 5.41 Å². The van der Waals surface area contributed by atoms with E-state index in [4.69, 9.17) is 4.74 Å². The summed E-state index contributed by atoms with van der Waals surface area (Å²) in [5.41, 5.74) is 0.115. The Labute approximate surface area is 272 Å². The van der Waals surface area contributed by atoms with Gasteiger partial charge in [0.2, 0.25) is 5.91 Å². The summed E-state index contributed by atoms with van der Waals surface area (Å²) < 4.78 is 6.22. The summed E-state index contributed by atoms with van der Waals surface area (Å²) >= 11 is 0. The van der Waals surface area contributed by atoms with E-state index in [1.54, 1.807) is 0 Å². The molecule has 1 amide bonds. The normalized spacial score (nSPS) is 12.3. The Kier molecular flexibility index (Phi) is 28.5. The molecule has 0 heterocycles. The molecule has 258 valence electrons. The highest BCUT2D eigenvalue weighted by Gasteiger charge is 2.23. The van der Waals surface area contributed by atoms with Crippen LogP contribution >= 0.6 is 0 Å². The first-order chi connectivity index (χ1) is 20.6. The van der Waals surface area contributed by atoms with Crippen LogP contribution in [-0.2, 0) is 9.53 Å². The van der Waals surface area contributed by atoms with Crippen LogP contribution in [0.15, 0.2) is 0 Å². The van der Waals surface area contributed by atoms with Crippen molar-refractivity contribution in [2.45, 2.75) is 227 Å². The van der Waals surface area contributed by atoms with Gasteiger partial charge in [0.15, 0.2) is 0 Å². The van der Waals surface area contributed by atoms with E-state index in [-0.39, 0.29) is 18.1 Å². The van der Waals surface area contributed by atoms with Gasteiger partial charge in [0.05, 0.1) is 5.60 Å². The van der Waals surface area contributed by atoms with Crippen molar-refractivity contribution in [1.29, 1.82) is 0 Å². The number of rotatable bonds is 32. The zero-order chi connectivity index (χ0) is 32.1.